The first-order valence-corrected chi connectivity index (χ1v) is 10.2. The van der Waals surface area contributed by atoms with Gasteiger partial charge in [0.1, 0.15) is 12.2 Å². The highest BCUT2D eigenvalue weighted by atomic mass is 19.2. The molecule has 3 aromatic rings. The van der Waals surface area contributed by atoms with Crippen LogP contribution >= 0.6 is 0 Å². The molecule has 0 saturated carbocycles. The minimum Gasteiger partial charge on any atom is -0.494 e. The Balaban J connectivity index is 1.72. The molecule has 0 spiro atoms. The first kappa shape index (κ1) is 22.1. The van der Waals surface area contributed by atoms with E-state index in [-0.39, 0.29) is 17.9 Å². The maximum absolute atomic E-state index is 14.7. The van der Waals surface area contributed by atoms with Crippen LogP contribution in [0.3, 0.4) is 0 Å². The van der Waals surface area contributed by atoms with E-state index >= 15 is 0 Å². The van der Waals surface area contributed by atoms with Gasteiger partial charge in [-0.2, -0.15) is 4.39 Å². The SMILES string of the molecule is COc1ccc(-c2ccc(C(=O)N[C@H]3CCO[C@H](CO)[C@H]3O)c3ccccc23)c(F)c1F. The molecule has 3 aromatic carbocycles. The molecular weight excluding hydrogens is 420 g/mol. The molecule has 0 aromatic heterocycles. The van der Waals surface area contributed by atoms with E-state index in [1.807, 2.05) is 0 Å². The molecule has 0 aliphatic carbocycles. The molecule has 3 atom stereocenters. The van der Waals surface area contributed by atoms with Crippen LogP contribution in [0.4, 0.5) is 8.78 Å². The molecule has 168 valence electrons. The van der Waals surface area contributed by atoms with Gasteiger partial charge < -0.3 is 25.0 Å². The van der Waals surface area contributed by atoms with E-state index in [4.69, 9.17) is 9.47 Å². The van der Waals surface area contributed by atoms with Crippen LogP contribution in [0.2, 0.25) is 0 Å². The number of carbonyl (C=O) groups is 1. The molecule has 8 heteroatoms. The second-order valence-electron chi connectivity index (χ2n) is 7.60. The molecule has 0 unspecified atom stereocenters. The van der Waals surface area contributed by atoms with E-state index in [9.17, 15) is 23.8 Å². The minimum atomic E-state index is -1.08. The number of fused-ring (bicyclic) bond motifs is 1. The van der Waals surface area contributed by atoms with Crippen LogP contribution in [0.15, 0.2) is 48.5 Å². The van der Waals surface area contributed by atoms with E-state index in [0.29, 0.717) is 34.9 Å². The smallest absolute Gasteiger partial charge is 0.252 e. The van der Waals surface area contributed by atoms with Crippen molar-refractivity contribution < 1.29 is 33.3 Å². The number of hydrogen-bond acceptors (Lipinski definition) is 5. The van der Waals surface area contributed by atoms with Gasteiger partial charge >= 0.3 is 0 Å². The van der Waals surface area contributed by atoms with Crippen LogP contribution in [0, 0.1) is 11.6 Å². The Morgan fingerprint density at radius 1 is 1.09 bits per heavy atom. The van der Waals surface area contributed by atoms with Gasteiger partial charge in [-0.05, 0) is 41.0 Å². The fraction of sp³-hybridized carbons (Fsp3) is 0.292. The van der Waals surface area contributed by atoms with Crippen molar-refractivity contribution in [3.05, 3.63) is 65.7 Å². The number of amides is 1. The van der Waals surface area contributed by atoms with Crippen molar-refractivity contribution in [1.82, 2.24) is 5.32 Å². The fourth-order valence-electron chi connectivity index (χ4n) is 4.07. The van der Waals surface area contributed by atoms with Gasteiger partial charge in [0.2, 0.25) is 5.82 Å². The quantitative estimate of drug-likeness (QED) is 0.564. The number of benzene rings is 3. The van der Waals surface area contributed by atoms with E-state index < -0.39 is 35.8 Å². The highest BCUT2D eigenvalue weighted by Crippen LogP contribution is 2.35. The Morgan fingerprint density at radius 3 is 2.53 bits per heavy atom. The molecule has 3 N–H and O–H groups in total. The predicted octanol–water partition coefficient (Wildman–Crippen LogP) is 3.03. The Bertz CT molecular complexity index is 1150. The summed E-state index contributed by atoms with van der Waals surface area (Å²) >= 11 is 0. The van der Waals surface area contributed by atoms with Crippen LogP contribution in [-0.2, 0) is 4.74 Å². The van der Waals surface area contributed by atoms with Gasteiger partial charge in [-0.3, -0.25) is 4.79 Å². The largest absolute Gasteiger partial charge is 0.494 e. The molecule has 0 bridgehead atoms. The first-order valence-electron chi connectivity index (χ1n) is 10.2. The molecule has 6 nitrogen and oxygen atoms in total. The molecule has 1 saturated heterocycles. The monoisotopic (exact) mass is 443 g/mol. The average molecular weight is 443 g/mol. The van der Waals surface area contributed by atoms with Crippen molar-refractivity contribution >= 4 is 16.7 Å². The average Bonchev–Trinajstić information content (AvgIpc) is 2.81. The number of aliphatic hydroxyl groups is 2. The van der Waals surface area contributed by atoms with Crippen LogP contribution in [0.25, 0.3) is 21.9 Å². The van der Waals surface area contributed by atoms with E-state index in [1.54, 1.807) is 36.4 Å². The third kappa shape index (κ3) is 3.92. The molecule has 1 aliphatic rings. The molecule has 4 rings (SSSR count). The van der Waals surface area contributed by atoms with Crippen LogP contribution in [0.5, 0.6) is 5.75 Å². The van der Waals surface area contributed by atoms with Crippen molar-refractivity contribution in [2.45, 2.75) is 24.7 Å². The number of halogens is 2. The van der Waals surface area contributed by atoms with Crippen molar-refractivity contribution in [3.8, 4) is 16.9 Å². The highest BCUT2D eigenvalue weighted by molar-refractivity contribution is 6.11. The molecule has 1 aliphatic heterocycles. The van der Waals surface area contributed by atoms with E-state index in [0.717, 1.165) is 0 Å². The lowest BCUT2D eigenvalue weighted by atomic mass is 9.93. The summed E-state index contributed by atoms with van der Waals surface area (Å²) in [6.45, 7) is -0.0512. The van der Waals surface area contributed by atoms with Gasteiger partial charge in [0.05, 0.1) is 19.8 Å². The zero-order valence-corrected chi connectivity index (χ0v) is 17.3. The maximum Gasteiger partial charge on any atom is 0.252 e. The van der Waals surface area contributed by atoms with Crippen molar-refractivity contribution in [3.63, 3.8) is 0 Å². The third-order valence-electron chi connectivity index (χ3n) is 5.78. The summed E-state index contributed by atoms with van der Waals surface area (Å²) in [7, 11) is 1.26. The second-order valence-corrected chi connectivity index (χ2v) is 7.60. The van der Waals surface area contributed by atoms with Crippen molar-refractivity contribution in [2.24, 2.45) is 0 Å². The first-order chi connectivity index (χ1) is 15.5. The number of carbonyl (C=O) groups excluding carboxylic acids is 1. The summed E-state index contributed by atoms with van der Waals surface area (Å²) in [5.74, 6) is -2.73. The van der Waals surface area contributed by atoms with Gasteiger partial charge in [-0.25, -0.2) is 4.39 Å². The Hall–Kier alpha value is -3.07. The lowest BCUT2D eigenvalue weighted by Gasteiger charge is -2.34. The number of aliphatic hydroxyl groups excluding tert-OH is 2. The molecule has 1 fully saturated rings. The number of methoxy groups -OCH3 is 1. The normalized spacial score (nSPS) is 20.8. The zero-order chi connectivity index (χ0) is 22.8. The van der Waals surface area contributed by atoms with Gasteiger partial charge in [0.15, 0.2) is 11.6 Å². The van der Waals surface area contributed by atoms with Crippen LogP contribution in [-0.4, -0.2) is 54.7 Å². The standard InChI is InChI=1S/C24H23F2NO5/c1-31-19-9-8-16(21(25)22(19)26)15-6-7-17(14-5-3-2-4-13(14)15)24(30)27-18-10-11-32-20(12-28)23(18)29/h2-9,18,20,23,28-29H,10-12H2,1H3,(H,27,30)/t18-,20+,23-/m0/s1. The van der Waals surface area contributed by atoms with Gasteiger partial charge in [-0.1, -0.05) is 30.3 Å². The molecular formula is C24H23F2NO5. The topological polar surface area (TPSA) is 88.0 Å². The second kappa shape index (κ2) is 9.20. The lowest BCUT2D eigenvalue weighted by Crippen LogP contribution is -2.54. The summed E-state index contributed by atoms with van der Waals surface area (Å²) < 4.78 is 39.2. The number of rotatable bonds is 5. The molecule has 32 heavy (non-hydrogen) atoms. The third-order valence-corrected chi connectivity index (χ3v) is 5.78. The van der Waals surface area contributed by atoms with E-state index in [2.05, 4.69) is 5.32 Å². The summed E-state index contributed by atoms with van der Waals surface area (Å²) in [4.78, 5) is 13.0. The lowest BCUT2D eigenvalue weighted by molar-refractivity contribution is -0.107. The minimum absolute atomic E-state index is 0.0529. The molecule has 1 amide bonds. The number of hydrogen-bond donors (Lipinski definition) is 3. The molecule has 1 heterocycles. The van der Waals surface area contributed by atoms with Gasteiger partial charge in [-0.15, -0.1) is 0 Å². The molecule has 0 radical (unpaired) electrons. The zero-order valence-electron chi connectivity index (χ0n) is 17.3. The maximum atomic E-state index is 14.7. The van der Waals surface area contributed by atoms with Gasteiger partial charge in [0.25, 0.3) is 5.91 Å². The number of nitrogens with one attached hydrogen (secondary N) is 1. The summed E-state index contributed by atoms with van der Waals surface area (Å²) in [6.07, 6.45) is -1.41. The Kier molecular flexibility index (Phi) is 6.36. The van der Waals surface area contributed by atoms with E-state index in [1.165, 1.54) is 19.2 Å². The van der Waals surface area contributed by atoms with Crippen molar-refractivity contribution in [1.29, 1.82) is 0 Å². The Morgan fingerprint density at radius 2 is 1.81 bits per heavy atom. The van der Waals surface area contributed by atoms with Crippen molar-refractivity contribution in [2.75, 3.05) is 20.3 Å². The van der Waals surface area contributed by atoms with Crippen LogP contribution in [0.1, 0.15) is 16.8 Å². The summed E-state index contributed by atoms with van der Waals surface area (Å²) in [5.41, 5.74) is 0.817. The summed E-state index contributed by atoms with van der Waals surface area (Å²) in [5, 5.41) is 23.6. The Labute approximate surface area is 183 Å². The number of ether oxygens (including phenoxy) is 2. The van der Waals surface area contributed by atoms with Crippen LogP contribution < -0.4 is 10.1 Å². The predicted molar refractivity (Wildman–Crippen MR) is 115 cm³/mol. The van der Waals surface area contributed by atoms with Gasteiger partial charge in [0, 0.05) is 17.7 Å². The summed E-state index contributed by atoms with van der Waals surface area (Å²) in [6, 6.07) is 12.3. The fourth-order valence-corrected chi connectivity index (χ4v) is 4.07. The highest BCUT2D eigenvalue weighted by Gasteiger charge is 2.33.